The highest BCUT2D eigenvalue weighted by atomic mass is 35.5. The zero-order valence-electron chi connectivity index (χ0n) is 15.7. The molecule has 0 unspecified atom stereocenters. The van der Waals surface area contributed by atoms with Gasteiger partial charge in [-0.2, -0.15) is 4.57 Å². The quantitative estimate of drug-likeness (QED) is 0.457. The fraction of sp³-hybridized carbons (Fsp3) is 0.227. The van der Waals surface area contributed by atoms with E-state index in [4.69, 9.17) is 16.3 Å². The smallest absolute Gasteiger partial charge is 0.275 e. The van der Waals surface area contributed by atoms with E-state index < -0.39 is 0 Å². The molecule has 0 saturated heterocycles. The zero-order chi connectivity index (χ0) is 18.5. The normalized spacial score (nSPS) is 16.2. The number of pyridine rings is 1. The highest BCUT2D eigenvalue weighted by Crippen LogP contribution is 2.50. The molecule has 3 heterocycles. The second kappa shape index (κ2) is 7.51. The first kappa shape index (κ1) is 19.4. The van der Waals surface area contributed by atoms with Crippen LogP contribution in [0.1, 0.15) is 17.5 Å². The number of halogens is 2. The van der Waals surface area contributed by atoms with Crippen LogP contribution >= 0.6 is 23.4 Å². The van der Waals surface area contributed by atoms with E-state index in [1.165, 1.54) is 39.4 Å². The van der Waals surface area contributed by atoms with Gasteiger partial charge in [0.2, 0.25) is 5.52 Å². The van der Waals surface area contributed by atoms with Gasteiger partial charge < -0.3 is 22.0 Å². The number of para-hydroxylation sites is 1. The monoisotopic (exact) mass is 430 g/mol. The maximum Gasteiger partial charge on any atom is 0.275 e. The lowest BCUT2D eigenvalue weighted by molar-refractivity contribution is -0.642. The first-order valence-corrected chi connectivity index (χ1v) is 10.3. The number of methoxy groups -OCH3 is 1. The molecule has 0 fully saturated rings. The molecule has 0 N–H and O–H groups in total. The Balaban J connectivity index is 0.00000192. The Morgan fingerprint density at radius 1 is 1.21 bits per heavy atom. The molecule has 0 bridgehead atoms. The van der Waals surface area contributed by atoms with E-state index in [-0.39, 0.29) is 12.4 Å². The van der Waals surface area contributed by atoms with Gasteiger partial charge in [-0.3, -0.25) is 0 Å². The van der Waals surface area contributed by atoms with Crippen molar-refractivity contribution in [1.29, 1.82) is 0 Å². The van der Waals surface area contributed by atoms with Gasteiger partial charge in [0.25, 0.3) is 5.15 Å². The Bertz CT molecular complexity index is 1110. The highest BCUT2D eigenvalue weighted by molar-refractivity contribution is 8.03. The van der Waals surface area contributed by atoms with Crippen LogP contribution in [0.15, 0.2) is 52.4 Å². The second-order valence-corrected chi connectivity index (χ2v) is 8.42. The van der Waals surface area contributed by atoms with E-state index in [9.17, 15) is 0 Å². The Labute approximate surface area is 180 Å². The Morgan fingerprint density at radius 3 is 2.89 bits per heavy atom. The third-order valence-corrected chi connectivity index (χ3v) is 6.87. The molecule has 0 saturated carbocycles. The van der Waals surface area contributed by atoms with E-state index in [0.29, 0.717) is 5.15 Å². The molecule has 0 aliphatic carbocycles. The van der Waals surface area contributed by atoms with E-state index in [0.717, 1.165) is 23.4 Å². The molecule has 0 amide bonds. The second-order valence-electron chi connectivity index (χ2n) is 6.97. The summed E-state index contributed by atoms with van der Waals surface area (Å²) in [4.78, 5) is 3.83. The van der Waals surface area contributed by atoms with Crippen LogP contribution in [-0.2, 0) is 13.5 Å². The van der Waals surface area contributed by atoms with Crippen LogP contribution in [0.5, 0.6) is 5.75 Å². The van der Waals surface area contributed by atoms with Gasteiger partial charge in [-0.25, -0.2) is 0 Å². The SMILES string of the molecule is COc1ccc2c(C=C3Sc4cccc5c4N3CCC5)cc(Cl)[n+](C)c2c1.[Cl-]. The summed E-state index contributed by atoms with van der Waals surface area (Å²) in [6, 6.07) is 14.9. The third kappa shape index (κ3) is 3.04. The molecular formula is C22H20Cl2N2OS. The number of rotatable bonds is 2. The van der Waals surface area contributed by atoms with Crippen molar-refractivity contribution in [3.8, 4) is 5.75 Å². The third-order valence-electron chi connectivity index (χ3n) is 5.41. The van der Waals surface area contributed by atoms with Gasteiger partial charge in [0.15, 0.2) is 0 Å². The van der Waals surface area contributed by atoms with Crippen LogP contribution in [0.4, 0.5) is 5.69 Å². The molecule has 2 aromatic carbocycles. The first-order valence-electron chi connectivity index (χ1n) is 9.11. The van der Waals surface area contributed by atoms with Crippen molar-refractivity contribution in [1.82, 2.24) is 0 Å². The number of benzene rings is 2. The number of fused-ring (bicyclic) bond motifs is 1. The maximum absolute atomic E-state index is 6.54. The summed E-state index contributed by atoms with van der Waals surface area (Å²) < 4.78 is 7.40. The van der Waals surface area contributed by atoms with Crippen molar-refractivity contribution in [2.75, 3.05) is 18.6 Å². The Morgan fingerprint density at radius 2 is 2.07 bits per heavy atom. The van der Waals surface area contributed by atoms with Gasteiger partial charge in [-0.1, -0.05) is 23.9 Å². The molecule has 3 aromatic rings. The summed E-state index contributed by atoms with van der Waals surface area (Å²) in [6.07, 6.45) is 4.64. The largest absolute Gasteiger partial charge is 1.00 e. The summed E-state index contributed by atoms with van der Waals surface area (Å²) in [6.45, 7) is 1.07. The summed E-state index contributed by atoms with van der Waals surface area (Å²) in [5.41, 5.74) is 5.06. The standard InChI is InChI=1S/C22H20ClN2OS.ClH/c1-24-18-13-16(26-2)8-9-17(18)15(11-20(24)23)12-21-25-10-4-6-14-5-3-7-19(27-21)22(14)25;/h3,5,7-9,11-13H,4,6,10H2,1-2H3;1H/q+1;/p-1. The van der Waals surface area contributed by atoms with Gasteiger partial charge in [-0.05, 0) is 59.8 Å². The average Bonchev–Trinajstić information content (AvgIpc) is 3.05. The number of anilines is 1. The minimum Gasteiger partial charge on any atom is -1.00 e. The van der Waals surface area contributed by atoms with E-state index in [1.54, 1.807) is 7.11 Å². The fourth-order valence-electron chi connectivity index (χ4n) is 4.02. The van der Waals surface area contributed by atoms with Crippen molar-refractivity contribution in [2.24, 2.45) is 7.05 Å². The highest BCUT2D eigenvalue weighted by Gasteiger charge is 2.30. The van der Waals surface area contributed by atoms with Crippen LogP contribution in [0.2, 0.25) is 5.15 Å². The minimum atomic E-state index is 0. The van der Waals surface area contributed by atoms with Crippen molar-refractivity contribution in [2.45, 2.75) is 17.7 Å². The molecule has 0 atom stereocenters. The van der Waals surface area contributed by atoms with Gasteiger partial charge in [0, 0.05) is 17.5 Å². The van der Waals surface area contributed by atoms with E-state index >= 15 is 0 Å². The number of thioether (sulfide) groups is 1. The molecule has 144 valence electrons. The van der Waals surface area contributed by atoms with Crippen molar-refractivity contribution in [3.63, 3.8) is 0 Å². The molecule has 0 spiro atoms. The van der Waals surface area contributed by atoms with Gasteiger partial charge in [-0.15, -0.1) is 0 Å². The molecule has 0 radical (unpaired) electrons. The number of hydrogen-bond acceptors (Lipinski definition) is 3. The Kier molecular flexibility index (Phi) is 5.21. The van der Waals surface area contributed by atoms with E-state index in [1.807, 2.05) is 35.5 Å². The first-order chi connectivity index (χ1) is 13.2. The van der Waals surface area contributed by atoms with Crippen molar-refractivity contribution in [3.05, 3.63) is 63.8 Å². The van der Waals surface area contributed by atoms with Gasteiger partial charge in [0.05, 0.1) is 29.3 Å². The lowest BCUT2D eigenvalue weighted by atomic mass is 10.0. The summed E-state index contributed by atoms with van der Waals surface area (Å²) >= 11 is 8.40. The number of aromatic nitrogens is 1. The molecule has 5 rings (SSSR count). The molecule has 28 heavy (non-hydrogen) atoms. The van der Waals surface area contributed by atoms with Crippen LogP contribution in [0.3, 0.4) is 0 Å². The topological polar surface area (TPSA) is 16.4 Å². The van der Waals surface area contributed by atoms with Crippen LogP contribution in [0.25, 0.3) is 17.0 Å². The fourth-order valence-corrected chi connectivity index (χ4v) is 5.42. The molecule has 1 aromatic heterocycles. The molecule has 3 nitrogen and oxygen atoms in total. The van der Waals surface area contributed by atoms with Crippen LogP contribution in [0, 0.1) is 0 Å². The van der Waals surface area contributed by atoms with Crippen molar-refractivity contribution < 1.29 is 21.7 Å². The molecule has 6 heteroatoms. The average molecular weight is 431 g/mol. The predicted molar refractivity (Wildman–Crippen MR) is 113 cm³/mol. The molecule has 2 aliphatic rings. The lowest BCUT2D eigenvalue weighted by Crippen LogP contribution is -3.00. The predicted octanol–water partition coefficient (Wildman–Crippen LogP) is 2.19. The number of aryl methyl sites for hydroxylation is 2. The summed E-state index contributed by atoms with van der Waals surface area (Å²) in [5.74, 6) is 0.835. The van der Waals surface area contributed by atoms with Gasteiger partial charge in [0.1, 0.15) is 12.8 Å². The van der Waals surface area contributed by atoms with Crippen LogP contribution < -0.4 is 26.6 Å². The number of hydrogen-bond donors (Lipinski definition) is 0. The number of ether oxygens (including phenoxy) is 1. The molecule has 2 aliphatic heterocycles. The van der Waals surface area contributed by atoms with Crippen LogP contribution in [-0.4, -0.2) is 13.7 Å². The van der Waals surface area contributed by atoms with Gasteiger partial charge >= 0.3 is 0 Å². The maximum atomic E-state index is 6.54. The number of nitrogens with zero attached hydrogens (tertiary/aromatic N) is 2. The Hall–Kier alpha value is -1.88. The summed E-state index contributed by atoms with van der Waals surface area (Å²) in [5, 5.41) is 3.16. The summed E-state index contributed by atoms with van der Waals surface area (Å²) in [7, 11) is 3.67. The van der Waals surface area contributed by atoms with E-state index in [2.05, 4.69) is 41.3 Å². The molecular weight excluding hydrogens is 411 g/mol. The minimum absolute atomic E-state index is 0. The zero-order valence-corrected chi connectivity index (χ0v) is 18.0. The van der Waals surface area contributed by atoms with Crippen molar-refractivity contribution >= 4 is 46.0 Å². The lowest BCUT2D eigenvalue weighted by Gasteiger charge is -2.27.